The largest absolute Gasteiger partial charge is 0.385 e. The van der Waals surface area contributed by atoms with E-state index >= 15 is 0 Å². The molecule has 1 aromatic heterocycles. The predicted molar refractivity (Wildman–Crippen MR) is 104 cm³/mol. The zero-order chi connectivity index (χ0) is 18.5. The van der Waals surface area contributed by atoms with Gasteiger partial charge in [-0.1, -0.05) is 0 Å². The number of ether oxygens (including phenoxy) is 1. The van der Waals surface area contributed by atoms with E-state index in [1.807, 2.05) is 4.57 Å². The molecule has 8 heteroatoms. The van der Waals surface area contributed by atoms with Crippen LogP contribution >= 0.6 is 0 Å². The lowest BCUT2D eigenvalue weighted by atomic mass is 10.1. The fraction of sp³-hybridized carbons (Fsp3) is 0.833. The summed E-state index contributed by atoms with van der Waals surface area (Å²) in [6.07, 6.45) is 9.13. The van der Waals surface area contributed by atoms with E-state index in [1.165, 1.54) is 12.8 Å². The Morgan fingerprint density at radius 2 is 1.92 bits per heavy atom. The Hall–Kier alpha value is -1.67. The van der Waals surface area contributed by atoms with Gasteiger partial charge in [0.25, 0.3) is 0 Å². The third-order valence-corrected chi connectivity index (χ3v) is 4.66. The summed E-state index contributed by atoms with van der Waals surface area (Å²) < 4.78 is 7.15. The van der Waals surface area contributed by atoms with Crippen molar-refractivity contribution in [3.8, 4) is 0 Å². The molecule has 1 fully saturated rings. The van der Waals surface area contributed by atoms with Crippen molar-refractivity contribution < 1.29 is 4.74 Å². The van der Waals surface area contributed by atoms with E-state index in [2.05, 4.69) is 32.7 Å². The van der Waals surface area contributed by atoms with Gasteiger partial charge in [-0.15, -0.1) is 10.2 Å². The molecule has 0 bridgehead atoms. The van der Waals surface area contributed by atoms with E-state index in [9.17, 15) is 0 Å². The summed E-state index contributed by atoms with van der Waals surface area (Å²) in [6, 6.07) is 0.517. The van der Waals surface area contributed by atoms with Crippen molar-refractivity contribution in [2.24, 2.45) is 4.99 Å². The predicted octanol–water partition coefficient (Wildman–Crippen LogP) is 1.11. The highest BCUT2D eigenvalue weighted by Crippen LogP contribution is 2.10. The fourth-order valence-corrected chi connectivity index (χ4v) is 3.18. The van der Waals surface area contributed by atoms with E-state index in [1.54, 1.807) is 19.8 Å². The fourth-order valence-electron chi connectivity index (χ4n) is 3.18. The molecule has 1 aromatic rings. The number of unbranched alkanes of at least 4 members (excludes halogenated alkanes) is 1. The van der Waals surface area contributed by atoms with Crippen LogP contribution in [0.25, 0.3) is 0 Å². The average Bonchev–Trinajstić information content (AvgIpc) is 3.17. The van der Waals surface area contributed by atoms with Crippen molar-refractivity contribution in [3.63, 3.8) is 0 Å². The van der Waals surface area contributed by atoms with Crippen molar-refractivity contribution in [1.29, 1.82) is 0 Å². The Labute approximate surface area is 157 Å². The number of methoxy groups -OCH3 is 1. The van der Waals surface area contributed by atoms with Crippen LogP contribution < -0.4 is 10.6 Å². The van der Waals surface area contributed by atoms with Gasteiger partial charge in [-0.2, -0.15) is 0 Å². The molecule has 0 atom stereocenters. The summed E-state index contributed by atoms with van der Waals surface area (Å²) in [5.74, 6) is 0.953. The lowest BCUT2D eigenvalue weighted by Gasteiger charge is -2.33. The zero-order valence-electron chi connectivity index (χ0n) is 16.4. The molecule has 148 valence electrons. The van der Waals surface area contributed by atoms with Crippen LogP contribution in [0.3, 0.4) is 0 Å². The highest BCUT2D eigenvalue weighted by molar-refractivity contribution is 5.80. The molecule has 1 aliphatic rings. The Balaban J connectivity index is 1.63. The lowest BCUT2D eigenvalue weighted by Crippen LogP contribution is -2.48. The summed E-state index contributed by atoms with van der Waals surface area (Å²) in [7, 11) is 1.77. The molecule has 0 unspecified atom stereocenters. The Bertz CT molecular complexity index is 484. The number of piperidine rings is 1. The van der Waals surface area contributed by atoms with Crippen molar-refractivity contribution >= 4 is 5.96 Å². The van der Waals surface area contributed by atoms with E-state index < -0.39 is 0 Å². The van der Waals surface area contributed by atoms with Crippen molar-refractivity contribution in [3.05, 3.63) is 12.7 Å². The maximum absolute atomic E-state index is 5.14. The molecular weight excluding hydrogens is 330 g/mol. The summed E-state index contributed by atoms with van der Waals surface area (Å²) in [5, 5.41) is 14.6. The maximum atomic E-state index is 5.14. The van der Waals surface area contributed by atoms with Crippen LogP contribution in [0.15, 0.2) is 17.6 Å². The second-order valence-electron chi connectivity index (χ2n) is 6.77. The number of rotatable bonds is 11. The van der Waals surface area contributed by atoms with Gasteiger partial charge < -0.3 is 24.8 Å². The molecule has 2 heterocycles. The zero-order valence-corrected chi connectivity index (χ0v) is 16.4. The van der Waals surface area contributed by atoms with Gasteiger partial charge in [0.1, 0.15) is 12.7 Å². The second kappa shape index (κ2) is 12.6. The quantitative estimate of drug-likeness (QED) is 0.347. The summed E-state index contributed by atoms with van der Waals surface area (Å²) in [5.41, 5.74) is 0. The first kappa shape index (κ1) is 20.6. The summed E-state index contributed by atoms with van der Waals surface area (Å²) in [6.45, 7) is 9.10. The lowest BCUT2D eigenvalue weighted by molar-refractivity contribution is 0.155. The first-order valence-corrected chi connectivity index (χ1v) is 9.90. The molecule has 0 saturated carbocycles. The van der Waals surface area contributed by atoms with Crippen LogP contribution in [0.4, 0.5) is 0 Å². The number of hydrogen-bond donors (Lipinski definition) is 2. The number of likely N-dealkylation sites (tertiary alicyclic amines) is 1. The molecule has 0 spiro atoms. The number of guanidine groups is 1. The van der Waals surface area contributed by atoms with Crippen LogP contribution in [0, 0.1) is 0 Å². The Morgan fingerprint density at radius 1 is 1.15 bits per heavy atom. The van der Waals surface area contributed by atoms with Crippen LogP contribution in [-0.2, 0) is 11.3 Å². The molecule has 0 aromatic carbocycles. The Kier molecular flexibility index (Phi) is 10.0. The van der Waals surface area contributed by atoms with Crippen LogP contribution in [0.1, 0.15) is 39.0 Å². The smallest absolute Gasteiger partial charge is 0.191 e. The molecule has 1 aliphatic heterocycles. The number of aromatic nitrogens is 3. The summed E-state index contributed by atoms with van der Waals surface area (Å²) in [4.78, 5) is 7.26. The molecule has 0 radical (unpaired) electrons. The molecule has 8 nitrogen and oxygen atoms in total. The Morgan fingerprint density at radius 3 is 2.62 bits per heavy atom. The van der Waals surface area contributed by atoms with Gasteiger partial charge in [0.2, 0.25) is 0 Å². The average molecular weight is 366 g/mol. The number of aryl methyl sites for hydroxylation is 1. The highest BCUT2D eigenvalue weighted by Gasteiger charge is 2.19. The van der Waals surface area contributed by atoms with Crippen LogP contribution in [0.5, 0.6) is 0 Å². The van der Waals surface area contributed by atoms with Gasteiger partial charge in [-0.3, -0.25) is 4.99 Å². The highest BCUT2D eigenvalue weighted by atomic mass is 16.5. The molecule has 2 rings (SSSR count). The van der Waals surface area contributed by atoms with Gasteiger partial charge in [0, 0.05) is 59.0 Å². The van der Waals surface area contributed by atoms with Crippen molar-refractivity contribution in [2.75, 3.05) is 46.4 Å². The van der Waals surface area contributed by atoms with Gasteiger partial charge in [-0.25, -0.2) is 0 Å². The topological polar surface area (TPSA) is 79.6 Å². The number of aliphatic imine (C=N–C) groups is 1. The molecule has 0 amide bonds. The van der Waals surface area contributed by atoms with E-state index in [0.717, 1.165) is 71.1 Å². The first-order valence-electron chi connectivity index (χ1n) is 9.90. The number of nitrogens with one attached hydrogen (secondary N) is 2. The minimum Gasteiger partial charge on any atom is -0.385 e. The second-order valence-corrected chi connectivity index (χ2v) is 6.77. The van der Waals surface area contributed by atoms with Gasteiger partial charge in [0.05, 0.1) is 0 Å². The van der Waals surface area contributed by atoms with Crippen LogP contribution in [0.2, 0.25) is 0 Å². The SMILES string of the molecule is CCNC(=NCCCCn1cnnc1)NC1CCN(CCCOC)CC1. The van der Waals surface area contributed by atoms with Gasteiger partial charge in [0.15, 0.2) is 5.96 Å². The molecular formula is C18H35N7O. The van der Waals surface area contributed by atoms with Crippen LogP contribution in [-0.4, -0.2) is 78.1 Å². The molecule has 26 heavy (non-hydrogen) atoms. The minimum absolute atomic E-state index is 0.517. The van der Waals surface area contributed by atoms with Gasteiger partial charge >= 0.3 is 0 Å². The standard InChI is InChI=1S/C18H35N7O/c1-3-19-18(20-9-4-5-10-25-15-21-22-16-25)23-17-7-12-24(13-8-17)11-6-14-26-2/h15-17H,3-14H2,1-2H3,(H2,19,20,23). The van der Waals surface area contributed by atoms with E-state index in [-0.39, 0.29) is 0 Å². The van der Waals surface area contributed by atoms with E-state index in [0.29, 0.717) is 6.04 Å². The molecule has 0 aliphatic carbocycles. The van der Waals surface area contributed by atoms with Crippen molar-refractivity contribution in [1.82, 2.24) is 30.3 Å². The van der Waals surface area contributed by atoms with Crippen molar-refractivity contribution in [2.45, 2.75) is 51.6 Å². The van der Waals surface area contributed by atoms with E-state index in [4.69, 9.17) is 9.73 Å². The number of nitrogens with zero attached hydrogens (tertiary/aromatic N) is 5. The monoisotopic (exact) mass is 365 g/mol. The molecule has 1 saturated heterocycles. The first-order chi connectivity index (χ1) is 12.8. The van der Waals surface area contributed by atoms with Gasteiger partial charge in [-0.05, 0) is 39.0 Å². The number of hydrogen-bond acceptors (Lipinski definition) is 5. The molecule has 2 N–H and O–H groups in total. The normalized spacial score (nSPS) is 16.8. The third-order valence-electron chi connectivity index (χ3n) is 4.66. The third kappa shape index (κ3) is 8.14. The summed E-state index contributed by atoms with van der Waals surface area (Å²) >= 11 is 0. The minimum atomic E-state index is 0.517. The maximum Gasteiger partial charge on any atom is 0.191 e.